The molecule has 0 saturated heterocycles. The first-order chi connectivity index (χ1) is 9.24. The van der Waals surface area contributed by atoms with Crippen LogP contribution in [-0.4, -0.2) is 19.9 Å². The number of para-hydroxylation sites is 2. The number of anilines is 1. The summed E-state index contributed by atoms with van der Waals surface area (Å²) in [5.74, 6) is 0.977. The van der Waals surface area contributed by atoms with Crippen molar-refractivity contribution in [2.75, 3.05) is 5.73 Å². The molecule has 0 aliphatic heterocycles. The van der Waals surface area contributed by atoms with Crippen LogP contribution in [0.5, 0.6) is 0 Å². The molecule has 0 bridgehead atoms. The van der Waals surface area contributed by atoms with Gasteiger partial charge < -0.3 is 10.7 Å². The zero-order chi connectivity index (χ0) is 13.8. The third kappa shape index (κ3) is 2.73. The molecule has 98 valence electrons. The van der Waals surface area contributed by atoms with E-state index in [4.69, 9.17) is 5.73 Å². The van der Waals surface area contributed by atoms with Gasteiger partial charge in [-0.3, -0.25) is 0 Å². The average molecular weight is 320 g/mol. The number of imidazole rings is 1. The van der Waals surface area contributed by atoms with Gasteiger partial charge in [0.2, 0.25) is 0 Å². The summed E-state index contributed by atoms with van der Waals surface area (Å²) in [7, 11) is 0. The highest BCUT2D eigenvalue weighted by Gasteiger charge is 2.11. The van der Waals surface area contributed by atoms with Crippen LogP contribution in [0.2, 0.25) is 0 Å². The summed E-state index contributed by atoms with van der Waals surface area (Å²) < 4.78 is 0.627. The predicted molar refractivity (Wildman–Crippen MR) is 80.6 cm³/mol. The maximum absolute atomic E-state index is 5.79. The van der Waals surface area contributed by atoms with Crippen molar-refractivity contribution in [1.82, 2.24) is 19.9 Å². The number of nitrogens with one attached hydrogen (secondary N) is 1. The summed E-state index contributed by atoms with van der Waals surface area (Å²) in [6.07, 6.45) is 1.56. The topological polar surface area (TPSA) is 80.5 Å². The van der Waals surface area contributed by atoms with Crippen molar-refractivity contribution in [3.8, 4) is 11.5 Å². The molecular formula is C13H14BrN5. The summed E-state index contributed by atoms with van der Waals surface area (Å²) in [5.41, 5.74) is 8.17. The highest BCUT2D eigenvalue weighted by atomic mass is 79.9. The van der Waals surface area contributed by atoms with Crippen LogP contribution in [-0.2, 0) is 0 Å². The number of H-pyrrole nitrogens is 1. The lowest BCUT2D eigenvalue weighted by Crippen LogP contribution is -1.98. The van der Waals surface area contributed by atoms with E-state index in [1.165, 1.54) is 0 Å². The third-order valence-electron chi connectivity index (χ3n) is 2.39. The molecule has 6 heteroatoms. The molecule has 0 radical (unpaired) electrons. The SMILES string of the molecule is CC.Nc1ncc(Br)nc1-c1nc2ccccc2[nH]1. The first kappa shape index (κ1) is 13.5. The Balaban J connectivity index is 0.000000637. The van der Waals surface area contributed by atoms with E-state index in [9.17, 15) is 0 Å². The van der Waals surface area contributed by atoms with E-state index in [0.717, 1.165) is 11.0 Å². The molecule has 0 spiro atoms. The van der Waals surface area contributed by atoms with Gasteiger partial charge in [-0.25, -0.2) is 15.0 Å². The van der Waals surface area contributed by atoms with E-state index in [1.54, 1.807) is 6.20 Å². The molecule has 3 N–H and O–H groups in total. The number of rotatable bonds is 1. The number of hydrogen-bond donors (Lipinski definition) is 2. The zero-order valence-corrected chi connectivity index (χ0v) is 12.3. The number of nitrogens with zero attached hydrogens (tertiary/aromatic N) is 3. The molecule has 0 atom stereocenters. The number of aromatic amines is 1. The minimum atomic E-state index is 0.354. The van der Waals surface area contributed by atoms with Gasteiger partial charge in [-0.05, 0) is 28.1 Å². The van der Waals surface area contributed by atoms with Crippen LogP contribution >= 0.6 is 15.9 Å². The number of fused-ring (bicyclic) bond motifs is 1. The number of nitrogen functional groups attached to an aromatic ring is 1. The summed E-state index contributed by atoms with van der Waals surface area (Å²) in [5, 5.41) is 0. The zero-order valence-electron chi connectivity index (χ0n) is 10.7. The molecular weight excluding hydrogens is 306 g/mol. The minimum Gasteiger partial charge on any atom is -0.382 e. The van der Waals surface area contributed by atoms with Crippen molar-refractivity contribution >= 4 is 32.8 Å². The van der Waals surface area contributed by atoms with E-state index in [1.807, 2.05) is 38.1 Å². The molecule has 2 aromatic heterocycles. The monoisotopic (exact) mass is 319 g/mol. The fourth-order valence-electron chi connectivity index (χ4n) is 1.62. The van der Waals surface area contributed by atoms with Gasteiger partial charge in [0, 0.05) is 0 Å². The van der Waals surface area contributed by atoms with Gasteiger partial charge >= 0.3 is 0 Å². The summed E-state index contributed by atoms with van der Waals surface area (Å²) in [4.78, 5) is 15.9. The number of benzene rings is 1. The Bertz CT molecular complexity index is 659. The molecule has 3 aromatic rings. The number of nitrogens with two attached hydrogens (primary N) is 1. The highest BCUT2D eigenvalue weighted by Crippen LogP contribution is 2.23. The van der Waals surface area contributed by atoms with Crippen molar-refractivity contribution < 1.29 is 0 Å². The van der Waals surface area contributed by atoms with Crippen LogP contribution < -0.4 is 5.73 Å². The van der Waals surface area contributed by atoms with Crippen LogP contribution in [0, 0.1) is 0 Å². The normalized spacial score (nSPS) is 10.1. The Morgan fingerprint density at radius 2 is 1.89 bits per heavy atom. The molecule has 0 aliphatic rings. The molecule has 1 aromatic carbocycles. The molecule has 2 heterocycles. The van der Waals surface area contributed by atoms with Gasteiger partial charge in [-0.2, -0.15) is 0 Å². The number of hydrogen-bond acceptors (Lipinski definition) is 4. The van der Waals surface area contributed by atoms with Crippen molar-refractivity contribution in [3.05, 3.63) is 35.1 Å². The van der Waals surface area contributed by atoms with E-state index in [2.05, 4.69) is 35.9 Å². The van der Waals surface area contributed by atoms with Gasteiger partial charge in [0.15, 0.2) is 11.6 Å². The number of halogens is 1. The van der Waals surface area contributed by atoms with Crippen LogP contribution in [0.25, 0.3) is 22.6 Å². The molecule has 0 amide bonds. The molecule has 0 unspecified atom stereocenters. The second-order valence-electron chi connectivity index (χ2n) is 3.53. The van der Waals surface area contributed by atoms with Crippen molar-refractivity contribution in [1.29, 1.82) is 0 Å². The molecule has 19 heavy (non-hydrogen) atoms. The van der Waals surface area contributed by atoms with Crippen molar-refractivity contribution in [3.63, 3.8) is 0 Å². The summed E-state index contributed by atoms with van der Waals surface area (Å²) in [6.45, 7) is 4.00. The van der Waals surface area contributed by atoms with E-state index in [0.29, 0.717) is 21.9 Å². The first-order valence-corrected chi connectivity index (χ1v) is 6.76. The average Bonchev–Trinajstić information content (AvgIpc) is 2.87. The number of aromatic nitrogens is 4. The highest BCUT2D eigenvalue weighted by molar-refractivity contribution is 9.10. The van der Waals surface area contributed by atoms with Gasteiger partial charge in [-0.15, -0.1) is 0 Å². The fourth-order valence-corrected chi connectivity index (χ4v) is 1.90. The Morgan fingerprint density at radius 3 is 2.63 bits per heavy atom. The predicted octanol–water partition coefficient (Wildman–Crippen LogP) is 3.39. The second kappa shape index (κ2) is 5.79. The molecule has 5 nitrogen and oxygen atoms in total. The lowest BCUT2D eigenvalue weighted by atomic mass is 10.3. The Labute approximate surface area is 119 Å². The van der Waals surface area contributed by atoms with Crippen LogP contribution in [0.3, 0.4) is 0 Å². The van der Waals surface area contributed by atoms with E-state index < -0.39 is 0 Å². The van der Waals surface area contributed by atoms with Gasteiger partial charge in [-0.1, -0.05) is 26.0 Å². The quantitative estimate of drug-likeness (QED) is 0.720. The van der Waals surface area contributed by atoms with Crippen LogP contribution in [0.15, 0.2) is 35.1 Å². The fraction of sp³-hybridized carbons (Fsp3) is 0.154. The largest absolute Gasteiger partial charge is 0.382 e. The first-order valence-electron chi connectivity index (χ1n) is 5.97. The Hall–Kier alpha value is -1.95. The molecule has 0 aliphatic carbocycles. The Morgan fingerprint density at radius 1 is 1.16 bits per heavy atom. The maximum Gasteiger partial charge on any atom is 0.161 e. The lowest BCUT2D eigenvalue weighted by Gasteiger charge is -2.00. The smallest absolute Gasteiger partial charge is 0.161 e. The summed E-state index contributed by atoms with van der Waals surface area (Å²) >= 11 is 3.27. The second-order valence-corrected chi connectivity index (χ2v) is 4.34. The van der Waals surface area contributed by atoms with Gasteiger partial charge in [0.05, 0.1) is 17.2 Å². The minimum absolute atomic E-state index is 0.354. The standard InChI is InChI=1S/C11H8BrN5.C2H6/c12-8-5-14-10(13)9(17-8)11-15-6-3-1-2-4-7(6)16-11;1-2/h1-5H,(H2,13,14)(H,15,16);1-2H3. The molecule has 0 saturated carbocycles. The third-order valence-corrected chi connectivity index (χ3v) is 2.77. The molecule has 0 fully saturated rings. The Kier molecular flexibility index (Phi) is 4.11. The van der Waals surface area contributed by atoms with Gasteiger partial charge in [0.25, 0.3) is 0 Å². The van der Waals surface area contributed by atoms with Crippen molar-refractivity contribution in [2.24, 2.45) is 0 Å². The van der Waals surface area contributed by atoms with E-state index >= 15 is 0 Å². The van der Waals surface area contributed by atoms with Crippen LogP contribution in [0.1, 0.15) is 13.8 Å². The van der Waals surface area contributed by atoms with Crippen molar-refractivity contribution in [2.45, 2.75) is 13.8 Å². The summed E-state index contributed by atoms with van der Waals surface area (Å²) in [6, 6.07) is 7.76. The van der Waals surface area contributed by atoms with Crippen LogP contribution in [0.4, 0.5) is 5.82 Å². The maximum atomic E-state index is 5.79. The van der Waals surface area contributed by atoms with E-state index in [-0.39, 0.29) is 0 Å². The van der Waals surface area contributed by atoms with Gasteiger partial charge in [0.1, 0.15) is 10.3 Å². The molecule has 3 rings (SSSR count). The lowest BCUT2D eigenvalue weighted by molar-refractivity contribution is 1.15.